The number of nitrogens with zero attached hydrogens (tertiary/aromatic N) is 4. The highest BCUT2D eigenvalue weighted by molar-refractivity contribution is 7.91. The van der Waals surface area contributed by atoms with Gasteiger partial charge in [-0.3, -0.25) is 0 Å². The zero-order valence-corrected chi connectivity index (χ0v) is 12.0. The molecule has 2 saturated heterocycles. The maximum atomic E-state index is 11.8. The Hall–Kier alpha value is -1.38. The van der Waals surface area contributed by atoms with Crippen molar-refractivity contribution in [3.63, 3.8) is 0 Å². The summed E-state index contributed by atoms with van der Waals surface area (Å²) in [5.74, 6) is 0.179. The molecule has 2 atom stereocenters. The second kappa shape index (κ2) is 5.32. The summed E-state index contributed by atoms with van der Waals surface area (Å²) in [6.07, 6.45) is 0.630. The van der Waals surface area contributed by atoms with E-state index in [-0.39, 0.29) is 23.6 Å². The van der Waals surface area contributed by atoms with E-state index in [0.29, 0.717) is 31.0 Å². The predicted molar refractivity (Wildman–Crippen MR) is 72.7 cm³/mol. The molecule has 2 rings (SSSR count). The summed E-state index contributed by atoms with van der Waals surface area (Å²) in [5, 5.41) is 17.9. The number of nitriles is 2. The van der Waals surface area contributed by atoms with Crippen LogP contribution in [0.1, 0.15) is 12.8 Å². The lowest BCUT2D eigenvalue weighted by atomic mass is 10.1. The molecule has 19 heavy (non-hydrogen) atoms. The Morgan fingerprint density at radius 2 is 1.53 bits per heavy atom. The van der Waals surface area contributed by atoms with Gasteiger partial charge in [-0.1, -0.05) is 0 Å². The van der Waals surface area contributed by atoms with E-state index in [9.17, 15) is 8.42 Å². The van der Waals surface area contributed by atoms with E-state index in [0.717, 1.165) is 0 Å². The van der Waals surface area contributed by atoms with E-state index in [1.165, 1.54) is 0 Å². The molecule has 6 nitrogen and oxygen atoms in total. The molecule has 2 unspecified atom stereocenters. The Morgan fingerprint density at radius 3 is 1.89 bits per heavy atom. The van der Waals surface area contributed by atoms with E-state index in [1.54, 1.807) is 0 Å². The molecule has 0 N–H and O–H groups in total. The van der Waals surface area contributed by atoms with Crippen LogP contribution in [0, 0.1) is 22.7 Å². The number of thiocarbonyl (C=S) groups is 1. The summed E-state index contributed by atoms with van der Waals surface area (Å²) in [5.41, 5.74) is 0. The van der Waals surface area contributed by atoms with Gasteiger partial charge < -0.3 is 9.80 Å². The third-order valence-corrected chi connectivity index (χ3v) is 5.68. The summed E-state index contributed by atoms with van der Waals surface area (Å²) < 4.78 is 23.5. The van der Waals surface area contributed by atoms with Crippen molar-refractivity contribution in [3.8, 4) is 12.1 Å². The largest absolute Gasteiger partial charge is 0.342 e. The minimum Gasteiger partial charge on any atom is -0.342 e. The van der Waals surface area contributed by atoms with Crippen LogP contribution >= 0.6 is 12.2 Å². The van der Waals surface area contributed by atoms with Crippen LogP contribution in [0.15, 0.2) is 0 Å². The van der Waals surface area contributed by atoms with Gasteiger partial charge in [0.05, 0.1) is 48.6 Å². The maximum absolute atomic E-state index is 11.8. The lowest BCUT2D eigenvalue weighted by Crippen LogP contribution is -2.38. The molecule has 2 heterocycles. The molecular formula is C11H14N4O2S2. The monoisotopic (exact) mass is 298 g/mol. The average molecular weight is 298 g/mol. The Kier molecular flexibility index (Phi) is 3.93. The van der Waals surface area contributed by atoms with Gasteiger partial charge in [-0.2, -0.15) is 10.5 Å². The maximum Gasteiger partial charge on any atom is 0.172 e. The van der Waals surface area contributed by atoms with Gasteiger partial charge in [-0.05, 0) is 12.2 Å². The fourth-order valence-corrected chi connectivity index (χ4v) is 5.15. The average Bonchev–Trinajstić information content (AvgIpc) is 2.76. The van der Waals surface area contributed by atoms with Crippen molar-refractivity contribution in [1.29, 1.82) is 10.5 Å². The van der Waals surface area contributed by atoms with E-state index >= 15 is 0 Å². The summed E-state index contributed by atoms with van der Waals surface area (Å²) >= 11 is 5.36. The highest BCUT2D eigenvalue weighted by atomic mass is 32.2. The van der Waals surface area contributed by atoms with Crippen molar-refractivity contribution in [2.24, 2.45) is 0 Å². The van der Waals surface area contributed by atoms with Crippen molar-refractivity contribution >= 4 is 27.2 Å². The Morgan fingerprint density at radius 1 is 1.11 bits per heavy atom. The standard InChI is InChI=1S/C11H14N4O2S2/c12-3-1-5-14-9-7-19(16,17)8-10(9)15(11(14)18)6-2-4-13/h9-10H,1-2,5-8H2. The third-order valence-electron chi connectivity index (χ3n) is 3.51. The number of rotatable bonds is 4. The molecule has 0 aromatic carbocycles. The molecular weight excluding hydrogens is 284 g/mol. The summed E-state index contributed by atoms with van der Waals surface area (Å²) in [4.78, 5) is 3.68. The highest BCUT2D eigenvalue weighted by Gasteiger charge is 2.50. The highest BCUT2D eigenvalue weighted by Crippen LogP contribution is 2.31. The first-order valence-corrected chi connectivity index (χ1v) is 8.24. The molecule has 0 aromatic heterocycles. The molecule has 8 heteroatoms. The van der Waals surface area contributed by atoms with Crippen molar-refractivity contribution in [1.82, 2.24) is 9.80 Å². The van der Waals surface area contributed by atoms with Gasteiger partial charge in [0.1, 0.15) is 0 Å². The van der Waals surface area contributed by atoms with Crippen LogP contribution in [0.4, 0.5) is 0 Å². The van der Waals surface area contributed by atoms with Crippen LogP contribution in [0.25, 0.3) is 0 Å². The Labute approximate surface area is 118 Å². The van der Waals surface area contributed by atoms with Crippen LogP contribution in [0.5, 0.6) is 0 Å². The summed E-state index contributed by atoms with van der Waals surface area (Å²) in [7, 11) is -3.05. The lowest BCUT2D eigenvalue weighted by Gasteiger charge is -2.24. The smallest absolute Gasteiger partial charge is 0.172 e. The predicted octanol–water partition coefficient (Wildman–Crippen LogP) is -0.118. The molecule has 0 aliphatic carbocycles. The number of fused-ring (bicyclic) bond motifs is 1. The molecule has 0 spiro atoms. The fourth-order valence-electron chi connectivity index (χ4n) is 2.72. The first kappa shape index (κ1) is 14.0. The van der Waals surface area contributed by atoms with Crippen LogP contribution in [-0.2, 0) is 9.84 Å². The normalized spacial score (nSPS) is 28.0. The van der Waals surface area contributed by atoms with Crippen LogP contribution < -0.4 is 0 Å². The minimum absolute atomic E-state index is 0.0896. The zero-order valence-electron chi connectivity index (χ0n) is 10.3. The number of hydrogen-bond donors (Lipinski definition) is 0. The van der Waals surface area contributed by atoms with Crippen molar-refractivity contribution in [2.75, 3.05) is 24.6 Å². The third kappa shape index (κ3) is 2.65. The van der Waals surface area contributed by atoms with Crippen LogP contribution in [0.3, 0.4) is 0 Å². The first-order chi connectivity index (χ1) is 9.00. The number of hydrogen-bond acceptors (Lipinski definition) is 5. The van der Waals surface area contributed by atoms with Gasteiger partial charge in [0, 0.05) is 13.1 Å². The molecule has 2 aliphatic rings. The molecule has 0 saturated carbocycles. The lowest BCUT2D eigenvalue weighted by molar-refractivity contribution is 0.318. The molecule has 0 amide bonds. The van der Waals surface area contributed by atoms with Gasteiger partial charge in [0.15, 0.2) is 14.9 Å². The minimum atomic E-state index is -3.05. The van der Waals surface area contributed by atoms with Gasteiger partial charge in [-0.15, -0.1) is 0 Å². The topological polar surface area (TPSA) is 88.2 Å². The van der Waals surface area contributed by atoms with E-state index in [4.69, 9.17) is 22.7 Å². The van der Waals surface area contributed by atoms with Gasteiger partial charge in [0.2, 0.25) is 0 Å². The van der Waals surface area contributed by atoms with E-state index < -0.39 is 9.84 Å². The van der Waals surface area contributed by atoms with Crippen LogP contribution in [-0.4, -0.2) is 60.0 Å². The SMILES string of the molecule is N#CCCN1C(=S)N(CCC#N)C2CS(=O)(=O)CC21. The second-order valence-corrected chi connectivity index (χ2v) is 7.22. The van der Waals surface area contributed by atoms with E-state index in [2.05, 4.69) is 12.1 Å². The zero-order chi connectivity index (χ0) is 14.0. The van der Waals surface area contributed by atoms with Gasteiger partial charge in [-0.25, -0.2) is 8.42 Å². The second-order valence-electron chi connectivity index (χ2n) is 4.70. The quantitative estimate of drug-likeness (QED) is 0.669. The van der Waals surface area contributed by atoms with Crippen molar-refractivity contribution in [3.05, 3.63) is 0 Å². The van der Waals surface area contributed by atoms with Crippen molar-refractivity contribution < 1.29 is 8.42 Å². The van der Waals surface area contributed by atoms with Crippen molar-refractivity contribution in [2.45, 2.75) is 24.9 Å². The first-order valence-electron chi connectivity index (χ1n) is 6.02. The molecule has 0 radical (unpaired) electrons. The fraction of sp³-hybridized carbons (Fsp3) is 0.727. The molecule has 0 aromatic rings. The Balaban J connectivity index is 2.21. The number of sulfone groups is 1. The summed E-state index contributed by atoms with van der Waals surface area (Å²) in [6.45, 7) is 0.907. The van der Waals surface area contributed by atoms with Crippen LogP contribution in [0.2, 0.25) is 0 Å². The van der Waals surface area contributed by atoms with Gasteiger partial charge >= 0.3 is 0 Å². The molecule has 0 bridgehead atoms. The Bertz CT molecular complexity index is 518. The molecule has 2 aliphatic heterocycles. The molecule has 2 fully saturated rings. The summed E-state index contributed by atoms with van der Waals surface area (Å²) in [6, 6.07) is 3.78. The van der Waals surface area contributed by atoms with E-state index in [1.807, 2.05) is 9.80 Å². The molecule has 102 valence electrons. The van der Waals surface area contributed by atoms with Gasteiger partial charge in [0.25, 0.3) is 0 Å².